The van der Waals surface area contributed by atoms with Gasteiger partial charge in [0.15, 0.2) is 18.0 Å². The predicted molar refractivity (Wildman–Crippen MR) is 119 cm³/mol. The molecule has 0 bridgehead atoms. The van der Waals surface area contributed by atoms with Crippen LogP contribution in [0.5, 0.6) is 0 Å². The number of carbonyl (C=O) groups is 3. The van der Waals surface area contributed by atoms with Crippen LogP contribution in [0, 0.1) is 11.6 Å². The maximum atomic E-state index is 15.0. The number of amides is 3. The van der Waals surface area contributed by atoms with Gasteiger partial charge in [-0.2, -0.15) is 4.80 Å². The Labute approximate surface area is 199 Å². The van der Waals surface area contributed by atoms with Gasteiger partial charge in [0.25, 0.3) is 5.91 Å². The van der Waals surface area contributed by atoms with E-state index in [1.165, 1.54) is 30.2 Å². The number of benzene rings is 1. The molecule has 15 heteroatoms. The van der Waals surface area contributed by atoms with Gasteiger partial charge >= 0.3 is 6.09 Å². The number of tetrazole rings is 1. The Kier molecular flexibility index (Phi) is 8.46. The summed E-state index contributed by atoms with van der Waals surface area (Å²) in [6, 6.07) is 2.13. The Hall–Kier alpha value is -3.88. The molecule has 1 fully saturated rings. The van der Waals surface area contributed by atoms with Crippen molar-refractivity contribution in [3.05, 3.63) is 30.1 Å². The summed E-state index contributed by atoms with van der Waals surface area (Å²) in [5.41, 5.74) is 2.63. The van der Waals surface area contributed by atoms with Crippen molar-refractivity contribution < 1.29 is 27.9 Å². The van der Waals surface area contributed by atoms with Crippen LogP contribution in [0.4, 0.5) is 25.0 Å². The molecule has 0 aliphatic carbocycles. The molecule has 35 heavy (non-hydrogen) atoms. The minimum absolute atomic E-state index is 0.0142. The number of cyclic esters (lactones) is 1. The molecule has 13 nitrogen and oxygen atoms in total. The highest BCUT2D eigenvalue weighted by molar-refractivity contribution is 5.90. The molecular formula is C20H27F2N9O4. The number of nitrogens with zero attached hydrogens (tertiary/aromatic N) is 7. The number of hydrogen-bond donors (Lipinski definition) is 2. The summed E-state index contributed by atoms with van der Waals surface area (Å²) >= 11 is 0. The molecule has 190 valence electrons. The Morgan fingerprint density at radius 1 is 1.29 bits per heavy atom. The van der Waals surface area contributed by atoms with Crippen molar-refractivity contribution in [3.63, 3.8) is 0 Å². The Balaban J connectivity index is 1.60. The summed E-state index contributed by atoms with van der Waals surface area (Å²) in [5, 5.41) is 14.7. The van der Waals surface area contributed by atoms with Crippen LogP contribution in [0.15, 0.2) is 18.5 Å². The van der Waals surface area contributed by atoms with Gasteiger partial charge in [-0.05, 0) is 12.1 Å². The summed E-state index contributed by atoms with van der Waals surface area (Å²) in [5.74, 6) is -2.30. The van der Waals surface area contributed by atoms with E-state index in [9.17, 15) is 23.2 Å². The minimum Gasteiger partial charge on any atom is -0.442 e. The van der Waals surface area contributed by atoms with Crippen LogP contribution in [-0.4, -0.2) is 89.0 Å². The number of halogens is 2. The van der Waals surface area contributed by atoms with Gasteiger partial charge in [0.05, 0.1) is 18.8 Å². The number of rotatable bonds is 11. The number of likely N-dealkylation sites (N-methyl/N-ethyl adjacent to an activating group) is 2. The lowest BCUT2D eigenvalue weighted by molar-refractivity contribution is -0.133. The lowest BCUT2D eigenvalue weighted by Gasteiger charge is -2.27. The van der Waals surface area contributed by atoms with Gasteiger partial charge in [0, 0.05) is 45.7 Å². The monoisotopic (exact) mass is 495 g/mol. The van der Waals surface area contributed by atoms with Crippen LogP contribution in [0.1, 0.15) is 13.8 Å². The van der Waals surface area contributed by atoms with E-state index in [0.717, 1.165) is 21.8 Å². The van der Waals surface area contributed by atoms with Crippen LogP contribution in [0.2, 0.25) is 0 Å². The molecular weight excluding hydrogens is 468 g/mol. The molecule has 1 aromatic carbocycles. The Morgan fingerprint density at radius 3 is 2.60 bits per heavy atom. The molecule has 0 spiro atoms. The molecule has 1 aliphatic rings. The Morgan fingerprint density at radius 2 is 2.00 bits per heavy atom. The zero-order valence-electron chi connectivity index (χ0n) is 19.6. The van der Waals surface area contributed by atoms with E-state index in [1.807, 2.05) is 0 Å². The number of hydrogen-bond acceptors (Lipinski definition) is 9. The third kappa shape index (κ3) is 6.59. The molecule has 0 radical (unpaired) electrons. The number of ether oxygens (including phenoxy) is 1. The second-order valence-corrected chi connectivity index (χ2v) is 7.72. The van der Waals surface area contributed by atoms with Gasteiger partial charge in [-0.3, -0.25) is 19.5 Å². The maximum Gasteiger partial charge on any atom is 0.414 e. The molecule has 0 unspecified atom stereocenters. The molecule has 3 amide bonds. The van der Waals surface area contributed by atoms with Crippen LogP contribution in [0.3, 0.4) is 0 Å². The topological polar surface area (TPSA) is 138 Å². The molecule has 3 rings (SSSR count). The quantitative estimate of drug-likeness (QED) is 0.409. The number of aromatic nitrogens is 4. The number of hydrazine groups is 1. The molecule has 1 aliphatic heterocycles. The molecule has 1 atom stereocenters. The van der Waals surface area contributed by atoms with Crippen molar-refractivity contribution >= 4 is 29.3 Å². The predicted octanol–water partition coefficient (Wildman–Crippen LogP) is -0.0979. The number of nitrogens with one attached hydrogen (secondary N) is 2. The first kappa shape index (κ1) is 25.7. The van der Waals surface area contributed by atoms with Gasteiger partial charge in [-0.1, -0.05) is 0 Å². The normalized spacial score (nSPS) is 15.2. The van der Waals surface area contributed by atoms with Crippen molar-refractivity contribution in [3.8, 4) is 0 Å². The van der Waals surface area contributed by atoms with Crippen LogP contribution < -0.4 is 20.5 Å². The summed E-state index contributed by atoms with van der Waals surface area (Å²) in [6.07, 6.45) is -0.168. The lowest BCUT2D eigenvalue weighted by Crippen LogP contribution is -2.45. The van der Waals surface area contributed by atoms with Gasteiger partial charge in [0.1, 0.15) is 18.3 Å². The fourth-order valence-electron chi connectivity index (χ4n) is 3.46. The zero-order chi connectivity index (χ0) is 25.5. The van der Waals surface area contributed by atoms with E-state index < -0.39 is 23.8 Å². The standard InChI is InChI=1S/C20H27F2N9O4/c1-4-29(6-5-25-28(3)18(33)11-31-26-12-24-27-31)19-16(21)7-14(8-17(19)22)30-10-15(35-20(30)34)9-23-13(2)32/h7-8,12,15,25H,4-6,9-11H2,1-3H3,(H,23,32)/t15-/m0/s1. The molecule has 1 saturated heterocycles. The highest BCUT2D eigenvalue weighted by atomic mass is 19.1. The van der Waals surface area contributed by atoms with E-state index in [4.69, 9.17) is 4.74 Å². The lowest BCUT2D eigenvalue weighted by atomic mass is 10.2. The maximum absolute atomic E-state index is 15.0. The molecule has 2 aromatic rings. The first-order chi connectivity index (χ1) is 16.7. The zero-order valence-corrected chi connectivity index (χ0v) is 19.6. The fourth-order valence-corrected chi connectivity index (χ4v) is 3.46. The van der Waals surface area contributed by atoms with Gasteiger partial charge in [-0.15, -0.1) is 10.2 Å². The summed E-state index contributed by atoms with van der Waals surface area (Å²) in [7, 11) is 1.51. The third-order valence-corrected chi connectivity index (χ3v) is 5.24. The van der Waals surface area contributed by atoms with Gasteiger partial charge < -0.3 is 15.0 Å². The first-order valence-electron chi connectivity index (χ1n) is 10.9. The first-order valence-corrected chi connectivity index (χ1v) is 10.9. The van der Waals surface area contributed by atoms with Crippen LogP contribution in [0.25, 0.3) is 0 Å². The molecule has 2 heterocycles. The van der Waals surface area contributed by atoms with Crippen molar-refractivity contribution in [1.29, 1.82) is 0 Å². The average Bonchev–Trinajstić information content (AvgIpc) is 3.45. The van der Waals surface area contributed by atoms with E-state index >= 15 is 0 Å². The van der Waals surface area contributed by atoms with E-state index in [0.29, 0.717) is 6.54 Å². The summed E-state index contributed by atoms with van der Waals surface area (Å²) < 4.78 is 35.1. The second-order valence-electron chi connectivity index (χ2n) is 7.72. The van der Waals surface area contributed by atoms with Crippen molar-refractivity contribution in [2.75, 3.05) is 49.6 Å². The Bertz CT molecular complexity index is 1030. The summed E-state index contributed by atoms with van der Waals surface area (Å²) in [4.78, 5) is 39.1. The van der Waals surface area contributed by atoms with Crippen molar-refractivity contribution in [2.45, 2.75) is 26.5 Å². The smallest absolute Gasteiger partial charge is 0.414 e. The fraction of sp³-hybridized carbons (Fsp3) is 0.500. The van der Waals surface area contributed by atoms with Gasteiger partial charge in [0.2, 0.25) is 5.91 Å². The van der Waals surface area contributed by atoms with Crippen LogP contribution in [-0.2, 0) is 20.9 Å². The SMILES string of the molecule is CCN(CCNN(C)C(=O)Cn1ncnn1)c1c(F)cc(N2C[C@H](CNC(C)=O)OC2=O)cc1F. The average molecular weight is 495 g/mol. The molecule has 2 N–H and O–H groups in total. The highest BCUT2D eigenvalue weighted by Crippen LogP contribution is 2.30. The second kappa shape index (κ2) is 11.5. The third-order valence-electron chi connectivity index (χ3n) is 5.24. The minimum atomic E-state index is -0.846. The highest BCUT2D eigenvalue weighted by Gasteiger charge is 2.33. The molecule has 0 saturated carbocycles. The van der Waals surface area contributed by atoms with Crippen LogP contribution >= 0.6 is 0 Å². The summed E-state index contributed by atoms with van der Waals surface area (Å²) in [6.45, 7) is 3.79. The van der Waals surface area contributed by atoms with E-state index in [-0.39, 0.29) is 55.9 Å². The largest absolute Gasteiger partial charge is 0.442 e. The van der Waals surface area contributed by atoms with Crippen molar-refractivity contribution in [2.24, 2.45) is 0 Å². The van der Waals surface area contributed by atoms with Gasteiger partial charge in [-0.25, -0.2) is 19.0 Å². The molecule has 1 aromatic heterocycles. The van der Waals surface area contributed by atoms with Crippen molar-refractivity contribution in [1.82, 2.24) is 36.0 Å². The van der Waals surface area contributed by atoms with E-state index in [2.05, 4.69) is 26.2 Å². The number of carbonyl (C=O) groups excluding carboxylic acids is 3. The number of anilines is 2. The van der Waals surface area contributed by atoms with E-state index in [1.54, 1.807) is 6.92 Å².